The standard InChI is InChI=1S/C21H21NO2/c23-13-17-7-4-8-18(9-17)19-10-20-14-24-15-21(11-19)22(20)12-16-5-2-1-3-6-16/h1-10,13,20-21H,11-12,14-15H2. The molecule has 0 saturated carbocycles. The molecule has 0 N–H and O–H groups in total. The Morgan fingerprint density at radius 3 is 2.75 bits per heavy atom. The molecule has 2 aliphatic heterocycles. The molecule has 0 aromatic heterocycles. The molecule has 2 aromatic carbocycles. The Bertz CT molecular complexity index is 753. The maximum absolute atomic E-state index is 11.0. The average molecular weight is 319 g/mol. The van der Waals surface area contributed by atoms with Crippen molar-refractivity contribution in [2.75, 3.05) is 13.2 Å². The molecule has 1 saturated heterocycles. The minimum Gasteiger partial charge on any atom is -0.378 e. The van der Waals surface area contributed by atoms with Crippen molar-refractivity contribution in [1.82, 2.24) is 4.90 Å². The molecule has 4 rings (SSSR count). The van der Waals surface area contributed by atoms with Crippen molar-refractivity contribution in [1.29, 1.82) is 0 Å². The Balaban J connectivity index is 1.61. The Morgan fingerprint density at radius 2 is 1.96 bits per heavy atom. The third-order valence-electron chi connectivity index (χ3n) is 4.94. The lowest BCUT2D eigenvalue weighted by Gasteiger charge is -2.45. The molecule has 24 heavy (non-hydrogen) atoms. The van der Waals surface area contributed by atoms with Gasteiger partial charge < -0.3 is 4.74 Å². The van der Waals surface area contributed by atoms with Crippen LogP contribution in [-0.2, 0) is 11.3 Å². The summed E-state index contributed by atoms with van der Waals surface area (Å²) in [7, 11) is 0. The zero-order valence-corrected chi connectivity index (χ0v) is 13.6. The molecule has 2 bridgehead atoms. The fourth-order valence-corrected chi connectivity index (χ4v) is 3.73. The summed E-state index contributed by atoms with van der Waals surface area (Å²) in [6, 6.07) is 19.2. The first-order valence-corrected chi connectivity index (χ1v) is 8.47. The number of rotatable bonds is 4. The monoisotopic (exact) mass is 319 g/mol. The van der Waals surface area contributed by atoms with E-state index in [9.17, 15) is 4.79 Å². The Hall–Kier alpha value is -2.23. The first-order valence-electron chi connectivity index (χ1n) is 8.47. The molecule has 3 heteroatoms. The Kier molecular flexibility index (Phi) is 4.28. The first kappa shape index (κ1) is 15.3. The van der Waals surface area contributed by atoms with Gasteiger partial charge in [-0.1, -0.05) is 54.6 Å². The highest BCUT2D eigenvalue weighted by Crippen LogP contribution is 2.33. The number of carbonyl (C=O) groups excluding carboxylic acids is 1. The molecule has 0 amide bonds. The molecule has 0 aliphatic carbocycles. The average Bonchev–Trinajstić information content (AvgIpc) is 2.62. The van der Waals surface area contributed by atoms with Crippen molar-refractivity contribution in [2.45, 2.75) is 25.0 Å². The van der Waals surface area contributed by atoms with Crippen LogP contribution in [-0.4, -0.2) is 36.5 Å². The van der Waals surface area contributed by atoms with E-state index in [0.717, 1.165) is 43.6 Å². The highest BCUT2D eigenvalue weighted by molar-refractivity contribution is 5.78. The van der Waals surface area contributed by atoms with Gasteiger partial charge >= 0.3 is 0 Å². The molecule has 2 heterocycles. The van der Waals surface area contributed by atoms with Crippen LogP contribution < -0.4 is 0 Å². The molecule has 0 spiro atoms. The number of hydrogen-bond acceptors (Lipinski definition) is 3. The predicted octanol–water partition coefficient (Wildman–Crippen LogP) is 3.56. The zero-order valence-electron chi connectivity index (χ0n) is 13.6. The van der Waals surface area contributed by atoms with E-state index in [4.69, 9.17) is 4.74 Å². The van der Waals surface area contributed by atoms with Crippen LogP contribution in [0.5, 0.6) is 0 Å². The third kappa shape index (κ3) is 3.05. The van der Waals surface area contributed by atoms with Crippen molar-refractivity contribution in [3.05, 3.63) is 77.4 Å². The molecule has 3 nitrogen and oxygen atoms in total. The maximum Gasteiger partial charge on any atom is 0.150 e. The second-order valence-corrected chi connectivity index (χ2v) is 6.56. The summed E-state index contributed by atoms with van der Waals surface area (Å²) in [4.78, 5) is 13.6. The van der Waals surface area contributed by atoms with Crippen LogP contribution in [0.3, 0.4) is 0 Å². The number of aldehydes is 1. The van der Waals surface area contributed by atoms with E-state index in [2.05, 4.69) is 47.4 Å². The van der Waals surface area contributed by atoms with Gasteiger partial charge in [0.25, 0.3) is 0 Å². The predicted molar refractivity (Wildman–Crippen MR) is 94.8 cm³/mol. The van der Waals surface area contributed by atoms with Crippen LogP contribution in [0.1, 0.15) is 27.9 Å². The van der Waals surface area contributed by atoms with E-state index < -0.39 is 0 Å². The molecule has 1 fully saturated rings. The van der Waals surface area contributed by atoms with E-state index in [1.54, 1.807) is 0 Å². The number of ether oxygens (including phenoxy) is 1. The first-order chi connectivity index (χ1) is 11.8. The van der Waals surface area contributed by atoms with Crippen LogP contribution in [0.4, 0.5) is 0 Å². The number of carbonyl (C=O) groups is 1. The Morgan fingerprint density at radius 1 is 1.08 bits per heavy atom. The summed E-state index contributed by atoms with van der Waals surface area (Å²) in [6.07, 6.45) is 4.20. The van der Waals surface area contributed by atoms with Gasteiger partial charge in [0.1, 0.15) is 6.29 Å². The second kappa shape index (κ2) is 6.71. The minimum atomic E-state index is 0.299. The van der Waals surface area contributed by atoms with Gasteiger partial charge in [0, 0.05) is 18.2 Å². The van der Waals surface area contributed by atoms with E-state index in [1.165, 1.54) is 11.1 Å². The number of benzene rings is 2. The third-order valence-corrected chi connectivity index (χ3v) is 4.94. The van der Waals surface area contributed by atoms with Crippen LogP contribution in [0.15, 0.2) is 60.7 Å². The number of fused-ring (bicyclic) bond motifs is 2. The van der Waals surface area contributed by atoms with E-state index in [0.29, 0.717) is 12.1 Å². The summed E-state index contributed by atoms with van der Waals surface area (Å²) in [6.45, 7) is 2.46. The highest BCUT2D eigenvalue weighted by Gasteiger charge is 2.34. The van der Waals surface area contributed by atoms with Gasteiger partial charge in [-0.3, -0.25) is 9.69 Å². The molecular weight excluding hydrogens is 298 g/mol. The summed E-state index contributed by atoms with van der Waals surface area (Å²) in [5.74, 6) is 0. The maximum atomic E-state index is 11.0. The fraction of sp³-hybridized carbons (Fsp3) is 0.286. The SMILES string of the molecule is O=Cc1cccc(C2=CC3COCC(C2)N3Cc2ccccc2)c1. The molecule has 2 unspecified atom stereocenters. The molecule has 2 aromatic rings. The topological polar surface area (TPSA) is 29.5 Å². The van der Waals surface area contributed by atoms with E-state index in [-0.39, 0.29) is 0 Å². The number of nitrogens with zero attached hydrogens (tertiary/aromatic N) is 1. The van der Waals surface area contributed by atoms with Crippen molar-refractivity contribution >= 4 is 11.9 Å². The quantitative estimate of drug-likeness (QED) is 0.807. The van der Waals surface area contributed by atoms with Crippen molar-refractivity contribution in [3.63, 3.8) is 0 Å². The molecular formula is C21H21NO2. The van der Waals surface area contributed by atoms with Gasteiger partial charge in [0.2, 0.25) is 0 Å². The molecule has 0 radical (unpaired) electrons. The van der Waals surface area contributed by atoms with Gasteiger partial charge in [-0.2, -0.15) is 0 Å². The number of hydrogen-bond donors (Lipinski definition) is 0. The van der Waals surface area contributed by atoms with Gasteiger partial charge in [-0.15, -0.1) is 0 Å². The highest BCUT2D eigenvalue weighted by atomic mass is 16.5. The largest absolute Gasteiger partial charge is 0.378 e. The van der Waals surface area contributed by atoms with Crippen LogP contribution in [0.2, 0.25) is 0 Å². The zero-order chi connectivity index (χ0) is 16.4. The lowest BCUT2D eigenvalue weighted by atomic mass is 9.89. The van der Waals surface area contributed by atoms with Gasteiger partial charge in [-0.05, 0) is 29.2 Å². The van der Waals surface area contributed by atoms with Crippen molar-refractivity contribution in [2.24, 2.45) is 0 Å². The van der Waals surface area contributed by atoms with Gasteiger partial charge in [-0.25, -0.2) is 0 Å². The van der Waals surface area contributed by atoms with Crippen molar-refractivity contribution in [3.8, 4) is 0 Å². The minimum absolute atomic E-state index is 0.299. The van der Waals surface area contributed by atoms with Crippen LogP contribution in [0.25, 0.3) is 5.57 Å². The molecule has 122 valence electrons. The summed E-state index contributed by atoms with van der Waals surface area (Å²) >= 11 is 0. The molecule has 2 atom stereocenters. The summed E-state index contributed by atoms with van der Waals surface area (Å²) in [5.41, 5.74) is 4.58. The van der Waals surface area contributed by atoms with Crippen molar-refractivity contribution < 1.29 is 9.53 Å². The second-order valence-electron chi connectivity index (χ2n) is 6.56. The van der Waals surface area contributed by atoms with Gasteiger partial charge in [0.05, 0.1) is 19.3 Å². The lowest BCUT2D eigenvalue weighted by Crippen LogP contribution is -2.53. The van der Waals surface area contributed by atoms with E-state index in [1.807, 2.05) is 18.2 Å². The van der Waals surface area contributed by atoms with Gasteiger partial charge in [0.15, 0.2) is 0 Å². The van der Waals surface area contributed by atoms with Crippen LogP contribution >= 0.6 is 0 Å². The van der Waals surface area contributed by atoms with E-state index >= 15 is 0 Å². The number of morpholine rings is 1. The Labute approximate surface area is 142 Å². The summed E-state index contributed by atoms with van der Waals surface area (Å²) in [5, 5.41) is 0. The normalized spacial score (nSPS) is 23.6. The summed E-state index contributed by atoms with van der Waals surface area (Å²) < 4.78 is 5.79. The lowest BCUT2D eigenvalue weighted by molar-refractivity contribution is -0.0402. The molecule has 2 aliphatic rings. The van der Waals surface area contributed by atoms with Crippen LogP contribution in [0, 0.1) is 0 Å². The fourth-order valence-electron chi connectivity index (χ4n) is 3.73. The smallest absolute Gasteiger partial charge is 0.150 e.